The number of amides is 1. The molecule has 1 saturated heterocycles. The first kappa shape index (κ1) is 16.3. The van der Waals surface area contributed by atoms with E-state index in [-0.39, 0.29) is 18.6 Å². The van der Waals surface area contributed by atoms with Crippen molar-refractivity contribution in [1.29, 1.82) is 0 Å². The molecule has 0 aliphatic carbocycles. The Morgan fingerprint density at radius 1 is 1.42 bits per heavy atom. The molecule has 3 nitrogen and oxygen atoms in total. The van der Waals surface area contributed by atoms with E-state index in [4.69, 9.17) is 0 Å². The molecule has 1 rings (SSSR count). The Labute approximate surface area is 112 Å². The molecule has 1 N–H and O–H groups in total. The average Bonchev–Trinajstić information content (AvgIpc) is 2.48. The Bertz CT molecular complexity index is 330. The minimum atomic E-state index is -4.23. The van der Waals surface area contributed by atoms with Crippen molar-refractivity contribution in [3.05, 3.63) is 0 Å². The molecule has 1 heterocycles. The largest absolute Gasteiger partial charge is 0.390 e. The van der Waals surface area contributed by atoms with Crippen LogP contribution < -0.4 is 5.32 Å². The second-order valence-corrected chi connectivity index (χ2v) is 5.84. The summed E-state index contributed by atoms with van der Waals surface area (Å²) in [7, 11) is 0. The smallest absolute Gasteiger partial charge is 0.325 e. The highest BCUT2D eigenvalue weighted by molar-refractivity contribution is 5.88. The summed E-state index contributed by atoms with van der Waals surface area (Å²) in [6, 6.07) is 0. The lowest BCUT2D eigenvalue weighted by Crippen LogP contribution is -2.44. The van der Waals surface area contributed by atoms with E-state index in [1.165, 1.54) is 4.90 Å². The van der Waals surface area contributed by atoms with E-state index in [2.05, 4.69) is 5.32 Å². The van der Waals surface area contributed by atoms with Crippen LogP contribution in [-0.4, -0.2) is 35.2 Å². The predicted octanol–water partition coefficient (Wildman–Crippen LogP) is 2.91. The maximum Gasteiger partial charge on any atom is 0.390 e. The van der Waals surface area contributed by atoms with Gasteiger partial charge in [-0.1, -0.05) is 20.8 Å². The number of carbonyl (C=O) groups excluding carboxylic acids is 1. The van der Waals surface area contributed by atoms with E-state index >= 15 is 0 Å². The Kier molecular flexibility index (Phi) is 4.87. The molecule has 1 amide bonds. The van der Waals surface area contributed by atoms with Crippen LogP contribution in [0.5, 0.6) is 0 Å². The van der Waals surface area contributed by atoms with Gasteiger partial charge in [0, 0.05) is 6.54 Å². The van der Waals surface area contributed by atoms with Crippen LogP contribution in [0.1, 0.15) is 47.0 Å². The van der Waals surface area contributed by atoms with Crippen LogP contribution in [-0.2, 0) is 4.79 Å². The fraction of sp³-hybridized carbons (Fsp3) is 0.923. The number of nitrogens with one attached hydrogen (secondary N) is 1. The second-order valence-electron chi connectivity index (χ2n) is 5.84. The van der Waals surface area contributed by atoms with Crippen LogP contribution in [0.15, 0.2) is 0 Å². The minimum Gasteiger partial charge on any atom is -0.325 e. The van der Waals surface area contributed by atoms with Gasteiger partial charge in [-0.15, -0.1) is 0 Å². The summed E-state index contributed by atoms with van der Waals surface area (Å²) in [4.78, 5) is 13.6. The van der Waals surface area contributed by atoms with Crippen LogP contribution >= 0.6 is 0 Å². The lowest BCUT2D eigenvalue weighted by molar-refractivity contribution is -0.146. The fourth-order valence-electron chi connectivity index (χ4n) is 2.36. The molecule has 2 unspecified atom stereocenters. The van der Waals surface area contributed by atoms with E-state index in [1.807, 2.05) is 20.8 Å². The Morgan fingerprint density at radius 2 is 2.00 bits per heavy atom. The van der Waals surface area contributed by atoms with Crippen LogP contribution in [0.25, 0.3) is 0 Å². The first-order valence-corrected chi connectivity index (χ1v) is 6.74. The van der Waals surface area contributed by atoms with E-state index in [1.54, 1.807) is 6.92 Å². The van der Waals surface area contributed by atoms with Gasteiger partial charge in [0.15, 0.2) is 0 Å². The highest BCUT2D eigenvalue weighted by Crippen LogP contribution is 2.29. The van der Waals surface area contributed by atoms with Gasteiger partial charge in [-0.05, 0) is 25.7 Å². The van der Waals surface area contributed by atoms with E-state index in [0.717, 1.165) is 0 Å². The van der Waals surface area contributed by atoms with Crippen LogP contribution in [0, 0.1) is 5.92 Å². The van der Waals surface area contributed by atoms with E-state index < -0.39 is 18.1 Å². The zero-order valence-corrected chi connectivity index (χ0v) is 12.0. The molecule has 0 aromatic carbocycles. The molecule has 1 aliphatic heterocycles. The molecule has 112 valence electrons. The average molecular weight is 280 g/mol. The van der Waals surface area contributed by atoms with Gasteiger partial charge in [0.05, 0.1) is 18.1 Å². The maximum atomic E-state index is 12.3. The van der Waals surface area contributed by atoms with Gasteiger partial charge in [-0.2, -0.15) is 13.2 Å². The number of rotatable bonds is 5. The topological polar surface area (TPSA) is 32.3 Å². The molecule has 19 heavy (non-hydrogen) atoms. The fourth-order valence-corrected chi connectivity index (χ4v) is 2.36. The van der Waals surface area contributed by atoms with Gasteiger partial charge in [0.25, 0.3) is 0 Å². The van der Waals surface area contributed by atoms with Gasteiger partial charge >= 0.3 is 6.18 Å². The highest BCUT2D eigenvalue weighted by atomic mass is 19.4. The number of hydrogen-bond donors (Lipinski definition) is 1. The molecule has 6 heteroatoms. The number of halogens is 3. The zero-order valence-electron chi connectivity index (χ0n) is 12.0. The standard InChI is InChI=1S/C13H23F3N2O/c1-5-12(4)11(19)18(7-6-13(14,15)16)10(17-12)8-9(2)3/h9-10,17H,5-8H2,1-4H3. The van der Waals surface area contributed by atoms with Crippen LogP contribution in [0.2, 0.25) is 0 Å². The van der Waals surface area contributed by atoms with Gasteiger partial charge in [0.1, 0.15) is 0 Å². The van der Waals surface area contributed by atoms with Gasteiger partial charge < -0.3 is 4.90 Å². The summed E-state index contributed by atoms with van der Waals surface area (Å²) in [6.45, 7) is 7.36. The lowest BCUT2D eigenvalue weighted by atomic mass is 9.99. The lowest BCUT2D eigenvalue weighted by Gasteiger charge is -2.26. The van der Waals surface area contributed by atoms with Gasteiger partial charge in [-0.25, -0.2) is 0 Å². The van der Waals surface area contributed by atoms with Crippen molar-refractivity contribution in [2.45, 2.75) is 64.8 Å². The quantitative estimate of drug-likeness (QED) is 0.840. The summed E-state index contributed by atoms with van der Waals surface area (Å²) in [5, 5.41) is 3.19. The molecule has 0 bridgehead atoms. The zero-order chi connectivity index (χ0) is 14.8. The summed E-state index contributed by atoms with van der Waals surface area (Å²) in [6.07, 6.45) is -4.23. The van der Waals surface area contributed by atoms with Crippen molar-refractivity contribution >= 4 is 5.91 Å². The summed E-state index contributed by atoms with van der Waals surface area (Å²) in [5.41, 5.74) is -0.731. The van der Waals surface area contributed by atoms with Crippen molar-refractivity contribution in [3.8, 4) is 0 Å². The molecule has 1 aliphatic rings. The van der Waals surface area contributed by atoms with Gasteiger partial charge in [0.2, 0.25) is 5.91 Å². The molecule has 0 spiro atoms. The molecular weight excluding hydrogens is 257 g/mol. The normalized spacial score (nSPS) is 28.5. The summed E-state index contributed by atoms with van der Waals surface area (Å²) in [5.74, 6) is 0.0998. The third-order valence-corrected chi connectivity index (χ3v) is 3.63. The minimum absolute atomic E-state index is 0.218. The summed E-state index contributed by atoms with van der Waals surface area (Å²) >= 11 is 0. The number of nitrogens with zero attached hydrogens (tertiary/aromatic N) is 1. The molecule has 0 radical (unpaired) electrons. The Hall–Kier alpha value is -0.780. The maximum absolute atomic E-state index is 12.3. The number of alkyl halides is 3. The Balaban J connectivity index is 2.80. The van der Waals surface area contributed by atoms with Crippen molar-refractivity contribution < 1.29 is 18.0 Å². The first-order valence-electron chi connectivity index (χ1n) is 6.74. The third-order valence-electron chi connectivity index (χ3n) is 3.63. The summed E-state index contributed by atoms with van der Waals surface area (Å²) < 4.78 is 37.0. The predicted molar refractivity (Wildman–Crippen MR) is 67.5 cm³/mol. The van der Waals surface area contributed by atoms with Crippen molar-refractivity contribution in [3.63, 3.8) is 0 Å². The number of hydrogen-bond acceptors (Lipinski definition) is 2. The first-order chi connectivity index (χ1) is 8.59. The molecule has 0 saturated carbocycles. The van der Waals surface area contributed by atoms with E-state index in [9.17, 15) is 18.0 Å². The highest BCUT2D eigenvalue weighted by Gasteiger charge is 2.47. The van der Waals surface area contributed by atoms with Crippen molar-refractivity contribution in [2.75, 3.05) is 6.54 Å². The van der Waals surface area contributed by atoms with E-state index in [0.29, 0.717) is 18.8 Å². The molecule has 2 atom stereocenters. The third kappa shape index (κ3) is 4.09. The SMILES string of the molecule is CCC1(C)NC(CC(C)C)N(CCC(F)(F)F)C1=O. The van der Waals surface area contributed by atoms with Gasteiger partial charge in [-0.3, -0.25) is 10.1 Å². The van der Waals surface area contributed by atoms with Crippen LogP contribution in [0.4, 0.5) is 13.2 Å². The Morgan fingerprint density at radius 3 is 2.42 bits per heavy atom. The molecule has 1 fully saturated rings. The molecule has 0 aromatic heterocycles. The van der Waals surface area contributed by atoms with Crippen molar-refractivity contribution in [1.82, 2.24) is 10.2 Å². The van der Waals surface area contributed by atoms with Crippen LogP contribution in [0.3, 0.4) is 0 Å². The molecular formula is C13H23F3N2O. The van der Waals surface area contributed by atoms with Crippen molar-refractivity contribution in [2.24, 2.45) is 5.92 Å². The second kappa shape index (κ2) is 5.69. The molecule has 0 aromatic rings. The monoisotopic (exact) mass is 280 g/mol. The number of carbonyl (C=O) groups is 1.